The van der Waals surface area contributed by atoms with Crippen molar-refractivity contribution in [1.29, 1.82) is 0 Å². The molecule has 102 valence electrons. The van der Waals surface area contributed by atoms with E-state index in [1.54, 1.807) is 0 Å². The van der Waals surface area contributed by atoms with Crippen LogP contribution in [-0.4, -0.2) is 20.3 Å². The molecule has 0 radical (unpaired) electrons. The fraction of sp³-hybridized carbons (Fsp3) is 0.500. The summed E-state index contributed by atoms with van der Waals surface area (Å²) >= 11 is 3.27. The maximum atomic E-state index is 12.7. The average Bonchev–Trinajstić information content (AvgIpc) is 2.28. The summed E-state index contributed by atoms with van der Waals surface area (Å²) in [5.41, 5.74) is -0.103. The van der Waals surface area contributed by atoms with Crippen molar-refractivity contribution < 1.29 is 17.9 Å². The van der Waals surface area contributed by atoms with Crippen LogP contribution in [0.1, 0.15) is 24.1 Å². The van der Waals surface area contributed by atoms with Crippen LogP contribution < -0.4 is 5.32 Å². The maximum absolute atomic E-state index is 12.7. The van der Waals surface area contributed by atoms with Crippen LogP contribution in [0.2, 0.25) is 0 Å². The van der Waals surface area contributed by atoms with E-state index in [0.717, 1.165) is 12.1 Å². The average molecular weight is 326 g/mol. The Morgan fingerprint density at radius 1 is 1.39 bits per heavy atom. The molecule has 1 aromatic carbocycles. The van der Waals surface area contributed by atoms with Crippen LogP contribution in [0.5, 0.6) is 0 Å². The minimum atomic E-state index is -4.33. The molecule has 0 heterocycles. The van der Waals surface area contributed by atoms with Gasteiger partial charge in [-0.2, -0.15) is 13.2 Å². The predicted molar refractivity (Wildman–Crippen MR) is 67.4 cm³/mol. The van der Waals surface area contributed by atoms with Gasteiger partial charge in [-0.25, -0.2) is 0 Å². The second-order valence-electron chi connectivity index (χ2n) is 3.80. The monoisotopic (exact) mass is 325 g/mol. The molecule has 2 nitrogen and oxygen atoms in total. The molecule has 6 heteroatoms. The van der Waals surface area contributed by atoms with Gasteiger partial charge in [0.15, 0.2) is 0 Å². The lowest BCUT2D eigenvalue weighted by molar-refractivity contribution is -0.137. The van der Waals surface area contributed by atoms with Gasteiger partial charge in [0.1, 0.15) is 0 Å². The number of benzene rings is 1. The molecule has 0 aliphatic carbocycles. The van der Waals surface area contributed by atoms with Crippen LogP contribution in [0.15, 0.2) is 22.7 Å². The van der Waals surface area contributed by atoms with Crippen LogP contribution in [-0.2, 0) is 10.9 Å². The Morgan fingerprint density at radius 2 is 2.06 bits per heavy atom. The standard InChI is InChI=1S/C12H15BrF3NO/c1-3-17-11(7-18-2)9-6-8(12(14,15)16)4-5-10(9)13/h4-6,11,17H,3,7H2,1-2H3. The SMILES string of the molecule is CCNC(COC)c1cc(C(F)(F)F)ccc1Br. The highest BCUT2D eigenvalue weighted by molar-refractivity contribution is 9.10. The Balaban J connectivity index is 3.11. The van der Waals surface area contributed by atoms with Crippen molar-refractivity contribution in [2.45, 2.75) is 19.1 Å². The van der Waals surface area contributed by atoms with Gasteiger partial charge in [0.2, 0.25) is 0 Å². The van der Waals surface area contributed by atoms with Gasteiger partial charge >= 0.3 is 6.18 Å². The molecule has 1 atom stereocenters. The van der Waals surface area contributed by atoms with Gasteiger partial charge in [-0.1, -0.05) is 22.9 Å². The van der Waals surface area contributed by atoms with Crippen molar-refractivity contribution in [2.24, 2.45) is 0 Å². The highest BCUT2D eigenvalue weighted by Gasteiger charge is 2.31. The van der Waals surface area contributed by atoms with E-state index in [2.05, 4.69) is 21.2 Å². The quantitative estimate of drug-likeness (QED) is 0.889. The number of halogens is 4. The lowest BCUT2D eigenvalue weighted by Gasteiger charge is -2.20. The van der Waals surface area contributed by atoms with E-state index in [1.807, 2.05) is 6.92 Å². The summed E-state index contributed by atoms with van der Waals surface area (Å²) in [4.78, 5) is 0. The van der Waals surface area contributed by atoms with E-state index < -0.39 is 11.7 Å². The maximum Gasteiger partial charge on any atom is 0.416 e. The van der Waals surface area contributed by atoms with Crippen molar-refractivity contribution in [1.82, 2.24) is 5.32 Å². The number of rotatable bonds is 5. The lowest BCUT2D eigenvalue weighted by atomic mass is 10.0. The molecule has 0 saturated carbocycles. The van der Waals surface area contributed by atoms with Crippen LogP contribution in [0.25, 0.3) is 0 Å². The van der Waals surface area contributed by atoms with Crippen LogP contribution in [0.4, 0.5) is 13.2 Å². The molecule has 0 fully saturated rings. The summed E-state index contributed by atoms with van der Waals surface area (Å²) < 4.78 is 43.7. The molecule has 0 spiro atoms. The zero-order chi connectivity index (χ0) is 13.8. The second kappa shape index (κ2) is 6.54. The van der Waals surface area contributed by atoms with E-state index in [9.17, 15) is 13.2 Å². The third kappa shape index (κ3) is 3.96. The zero-order valence-electron chi connectivity index (χ0n) is 10.1. The number of hydrogen-bond acceptors (Lipinski definition) is 2. The number of methoxy groups -OCH3 is 1. The van der Waals surface area contributed by atoms with Gasteiger partial charge in [-0.3, -0.25) is 0 Å². The number of alkyl halides is 3. The van der Waals surface area contributed by atoms with E-state index >= 15 is 0 Å². The van der Waals surface area contributed by atoms with Gasteiger partial charge < -0.3 is 10.1 Å². The highest BCUT2D eigenvalue weighted by Crippen LogP contribution is 2.33. The number of nitrogens with one attached hydrogen (secondary N) is 1. The fourth-order valence-corrected chi connectivity index (χ4v) is 2.18. The third-order valence-electron chi connectivity index (χ3n) is 2.48. The van der Waals surface area contributed by atoms with Crippen LogP contribution >= 0.6 is 15.9 Å². The summed E-state index contributed by atoms with van der Waals surface area (Å²) in [7, 11) is 1.52. The molecule has 0 aliphatic heterocycles. The Kier molecular flexibility index (Phi) is 5.62. The minimum absolute atomic E-state index is 0.267. The van der Waals surface area contributed by atoms with E-state index in [-0.39, 0.29) is 6.04 Å². The van der Waals surface area contributed by atoms with Crippen LogP contribution in [0.3, 0.4) is 0 Å². The molecular formula is C12H15BrF3NO. The molecule has 0 saturated heterocycles. The molecule has 0 bridgehead atoms. The van der Waals surface area contributed by atoms with Gasteiger partial charge in [-0.05, 0) is 30.3 Å². The molecule has 1 unspecified atom stereocenters. The summed E-state index contributed by atoms with van der Waals surface area (Å²) in [5, 5.41) is 3.10. The molecule has 0 amide bonds. The Labute approximate surface area is 113 Å². The topological polar surface area (TPSA) is 21.3 Å². The Morgan fingerprint density at radius 3 is 2.56 bits per heavy atom. The minimum Gasteiger partial charge on any atom is -0.383 e. The van der Waals surface area contributed by atoms with Gasteiger partial charge in [-0.15, -0.1) is 0 Å². The fourth-order valence-electron chi connectivity index (χ4n) is 1.66. The first-order chi connectivity index (χ1) is 8.40. The largest absolute Gasteiger partial charge is 0.416 e. The second-order valence-corrected chi connectivity index (χ2v) is 4.65. The molecule has 1 aromatic rings. The van der Waals surface area contributed by atoms with Crippen molar-refractivity contribution in [3.63, 3.8) is 0 Å². The first kappa shape index (κ1) is 15.5. The summed E-state index contributed by atoms with van der Waals surface area (Å²) in [6, 6.07) is 3.36. The molecule has 1 rings (SSSR count). The normalized spacial score (nSPS) is 13.7. The van der Waals surface area contributed by atoms with E-state index in [4.69, 9.17) is 4.74 Å². The number of ether oxygens (including phenoxy) is 1. The summed E-state index contributed by atoms with van der Waals surface area (Å²) in [5.74, 6) is 0. The molecular weight excluding hydrogens is 311 g/mol. The van der Waals surface area contributed by atoms with Gasteiger partial charge in [0.25, 0.3) is 0 Å². The van der Waals surface area contributed by atoms with Crippen molar-refractivity contribution in [3.05, 3.63) is 33.8 Å². The van der Waals surface area contributed by atoms with Crippen molar-refractivity contribution in [3.8, 4) is 0 Å². The first-order valence-corrected chi connectivity index (χ1v) is 6.28. The Hall–Kier alpha value is -0.590. The van der Waals surface area contributed by atoms with E-state index in [1.165, 1.54) is 13.2 Å². The van der Waals surface area contributed by atoms with Crippen molar-refractivity contribution in [2.75, 3.05) is 20.3 Å². The number of hydrogen-bond donors (Lipinski definition) is 1. The first-order valence-electron chi connectivity index (χ1n) is 5.49. The van der Waals surface area contributed by atoms with Crippen LogP contribution in [0, 0.1) is 0 Å². The number of likely N-dealkylation sites (N-methyl/N-ethyl adjacent to an activating group) is 1. The predicted octanol–water partition coefficient (Wildman–Crippen LogP) is 3.76. The van der Waals surface area contributed by atoms with Crippen molar-refractivity contribution >= 4 is 15.9 Å². The van der Waals surface area contributed by atoms with Gasteiger partial charge in [0.05, 0.1) is 18.2 Å². The molecule has 18 heavy (non-hydrogen) atoms. The highest BCUT2D eigenvalue weighted by atomic mass is 79.9. The molecule has 1 N–H and O–H groups in total. The smallest absolute Gasteiger partial charge is 0.383 e. The zero-order valence-corrected chi connectivity index (χ0v) is 11.7. The third-order valence-corrected chi connectivity index (χ3v) is 3.20. The van der Waals surface area contributed by atoms with Gasteiger partial charge in [0, 0.05) is 11.6 Å². The summed E-state index contributed by atoms with van der Waals surface area (Å²) in [6.45, 7) is 2.86. The Bertz CT molecular complexity index is 389. The molecule has 0 aromatic heterocycles. The summed E-state index contributed by atoms with van der Waals surface area (Å²) in [6.07, 6.45) is -4.33. The molecule has 0 aliphatic rings. The lowest BCUT2D eigenvalue weighted by Crippen LogP contribution is -2.25. The van der Waals surface area contributed by atoms with E-state index in [0.29, 0.717) is 23.2 Å².